The van der Waals surface area contributed by atoms with Gasteiger partial charge in [-0.25, -0.2) is 0 Å². The fraction of sp³-hybridized carbons (Fsp3) is 0.682. The van der Waals surface area contributed by atoms with Gasteiger partial charge in [-0.05, 0) is 32.2 Å². The first-order chi connectivity index (χ1) is 14.1. The van der Waals surface area contributed by atoms with Gasteiger partial charge >= 0.3 is 0 Å². The largest absolute Gasteiger partial charge is 0.496 e. The lowest BCUT2D eigenvalue weighted by Gasteiger charge is -2.33. The van der Waals surface area contributed by atoms with Crippen molar-refractivity contribution < 1.29 is 14.2 Å². The van der Waals surface area contributed by atoms with Crippen LogP contribution in [0, 0.1) is 0 Å². The van der Waals surface area contributed by atoms with E-state index < -0.39 is 0 Å². The summed E-state index contributed by atoms with van der Waals surface area (Å²) in [5.41, 5.74) is 1.02. The van der Waals surface area contributed by atoms with Gasteiger partial charge in [-0.1, -0.05) is 13.3 Å². The summed E-state index contributed by atoms with van der Waals surface area (Å²) in [6, 6.07) is 4.25. The number of guanidine groups is 1. The average Bonchev–Trinajstić information content (AvgIpc) is 2.77. The lowest BCUT2D eigenvalue weighted by Crippen LogP contribution is -2.49. The molecular formula is C22H39IN4O3. The van der Waals surface area contributed by atoms with Gasteiger partial charge in [0.1, 0.15) is 17.2 Å². The highest BCUT2D eigenvalue weighted by Crippen LogP contribution is 2.34. The number of ether oxygens (including phenoxy) is 3. The first-order valence-electron chi connectivity index (χ1n) is 10.6. The Morgan fingerprint density at radius 2 is 1.73 bits per heavy atom. The molecule has 0 unspecified atom stereocenters. The number of piperidine rings is 1. The van der Waals surface area contributed by atoms with Crippen molar-refractivity contribution in [1.82, 2.24) is 15.5 Å². The van der Waals surface area contributed by atoms with E-state index in [-0.39, 0.29) is 24.0 Å². The summed E-state index contributed by atoms with van der Waals surface area (Å²) in [7, 11) is 6.79. The van der Waals surface area contributed by atoms with Gasteiger partial charge in [0, 0.05) is 50.4 Å². The molecule has 1 aromatic rings. The summed E-state index contributed by atoms with van der Waals surface area (Å²) in [4.78, 5) is 6.96. The molecule has 0 saturated carbocycles. The van der Waals surface area contributed by atoms with Gasteiger partial charge in [0.25, 0.3) is 0 Å². The molecule has 0 aliphatic carbocycles. The highest BCUT2D eigenvalue weighted by Gasteiger charge is 2.19. The van der Waals surface area contributed by atoms with E-state index in [1.807, 2.05) is 19.2 Å². The van der Waals surface area contributed by atoms with Crippen LogP contribution < -0.4 is 24.8 Å². The smallest absolute Gasteiger partial charge is 0.191 e. The molecule has 0 atom stereocenters. The van der Waals surface area contributed by atoms with E-state index in [4.69, 9.17) is 14.2 Å². The lowest BCUT2D eigenvalue weighted by atomic mass is 10.0. The molecule has 1 heterocycles. The van der Waals surface area contributed by atoms with E-state index in [9.17, 15) is 0 Å². The molecule has 0 spiro atoms. The van der Waals surface area contributed by atoms with Crippen LogP contribution in [0.25, 0.3) is 0 Å². The molecule has 8 heteroatoms. The second kappa shape index (κ2) is 14.6. The molecule has 1 aliphatic rings. The van der Waals surface area contributed by atoms with Crippen LogP contribution in [0.1, 0.15) is 38.2 Å². The highest BCUT2D eigenvalue weighted by molar-refractivity contribution is 14.0. The monoisotopic (exact) mass is 534 g/mol. The number of aliphatic imine (C=N–C) groups is 1. The highest BCUT2D eigenvalue weighted by atomic mass is 127. The zero-order valence-corrected chi connectivity index (χ0v) is 21.5. The molecule has 1 fully saturated rings. The zero-order chi connectivity index (χ0) is 21.1. The first-order valence-corrected chi connectivity index (χ1v) is 10.6. The molecule has 7 nitrogen and oxygen atoms in total. The number of halogens is 1. The fourth-order valence-electron chi connectivity index (χ4n) is 3.70. The van der Waals surface area contributed by atoms with Crippen LogP contribution in [0.3, 0.4) is 0 Å². The maximum atomic E-state index is 5.54. The molecule has 0 aromatic heterocycles. The van der Waals surface area contributed by atoms with Crippen molar-refractivity contribution >= 4 is 29.9 Å². The minimum atomic E-state index is 0. The first kappa shape index (κ1) is 26.6. The summed E-state index contributed by atoms with van der Waals surface area (Å²) in [6.07, 6.45) is 5.62. The molecule has 30 heavy (non-hydrogen) atoms. The van der Waals surface area contributed by atoms with Crippen molar-refractivity contribution in [3.63, 3.8) is 0 Å². The minimum Gasteiger partial charge on any atom is -0.496 e. The van der Waals surface area contributed by atoms with Crippen molar-refractivity contribution in [2.45, 2.75) is 45.1 Å². The summed E-state index contributed by atoms with van der Waals surface area (Å²) in [6.45, 7) is 6.53. The van der Waals surface area contributed by atoms with Crippen LogP contribution in [0.2, 0.25) is 0 Å². The summed E-state index contributed by atoms with van der Waals surface area (Å²) in [5, 5.41) is 7.00. The van der Waals surface area contributed by atoms with E-state index in [0.29, 0.717) is 6.04 Å². The van der Waals surface area contributed by atoms with Gasteiger partial charge < -0.3 is 29.7 Å². The number of rotatable bonds is 10. The topological polar surface area (TPSA) is 67.4 Å². The number of hydrogen-bond donors (Lipinski definition) is 2. The number of benzene rings is 1. The van der Waals surface area contributed by atoms with Crippen LogP contribution in [0.15, 0.2) is 17.1 Å². The molecule has 0 amide bonds. The Morgan fingerprint density at radius 1 is 1.10 bits per heavy atom. The lowest BCUT2D eigenvalue weighted by molar-refractivity contribution is 0.203. The standard InChI is InChI=1S/C22H38N4O3.HI/c1-6-7-12-26-13-9-17(10-14-26)25-22(23-2)24-11-8-19-20(28-4)15-18(27-3)16-21(19)29-5;/h15-17H,6-14H2,1-5H3,(H2,23,24,25);1H. The minimum absolute atomic E-state index is 0. The summed E-state index contributed by atoms with van der Waals surface area (Å²) in [5.74, 6) is 3.11. The molecule has 0 bridgehead atoms. The van der Waals surface area contributed by atoms with E-state index >= 15 is 0 Å². The normalized spacial score (nSPS) is 15.3. The molecule has 172 valence electrons. The van der Waals surface area contributed by atoms with Crippen molar-refractivity contribution in [1.29, 1.82) is 0 Å². The third-order valence-electron chi connectivity index (χ3n) is 5.46. The van der Waals surface area contributed by atoms with Crippen LogP contribution in [0.5, 0.6) is 17.2 Å². The Hall–Kier alpha value is -1.42. The Morgan fingerprint density at radius 3 is 2.23 bits per heavy atom. The van der Waals surface area contributed by atoms with Crippen LogP contribution in [-0.4, -0.2) is 71.5 Å². The molecule has 1 aliphatic heterocycles. The third-order valence-corrected chi connectivity index (χ3v) is 5.46. The molecule has 2 rings (SSSR count). The van der Waals surface area contributed by atoms with Gasteiger partial charge in [0.2, 0.25) is 0 Å². The maximum Gasteiger partial charge on any atom is 0.191 e. The number of likely N-dealkylation sites (tertiary alicyclic amines) is 1. The Bertz CT molecular complexity index is 624. The molecule has 2 N–H and O–H groups in total. The van der Waals surface area contributed by atoms with E-state index in [1.54, 1.807) is 21.3 Å². The van der Waals surface area contributed by atoms with Gasteiger partial charge in [0.05, 0.1) is 21.3 Å². The predicted octanol–water partition coefficient (Wildman–Crippen LogP) is 3.30. The van der Waals surface area contributed by atoms with Gasteiger partial charge in [-0.15, -0.1) is 24.0 Å². The average molecular weight is 534 g/mol. The Kier molecular flexibility index (Phi) is 12.9. The Labute approximate surface area is 199 Å². The number of unbranched alkanes of at least 4 members (excludes halogenated alkanes) is 1. The van der Waals surface area contributed by atoms with E-state index in [1.165, 1.54) is 19.4 Å². The molecule has 1 saturated heterocycles. The second-order valence-electron chi connectivity index (χ2n) is 7.37. The Balaban J connectivity index is 0.00000450. The third kappa shape index (κ3) is 8.02. The van der Waals surface area contributed by atoms with Gasteiger partial charge in [-0.3, -0.25) is 4.99 Å². The van der Waals surface area contributed by atoms with E-state index in [2.05, 4.69) is 27.4 Å². The molecule has 0 radical (unpaired) electrons. The summed E-state index contributed by atoms with van der Waals surface area (Å²) < 4.78 is 16.4. The van der Waals surface area contributed by atoms with Crippen molar-refractivity contribution in [2.75, 3.05) is 54.6 Å². The van der Waals surface area contributed by atoms with Gasteiger partial charge in [0.15, 0.2) is 5.96 Å². The molecular weight excluding hydrogens is 495 g/mol. The van der Waals surface area contributed by atoms with Gasteiger partial charge in [-0.2, -0.15) is 0 Å². The van der Waals surface area contributed by atoms with E-state index in [0.717, 1.165) is 67.7 Å². The van der Waals surface area contributed by atoms with Crippen LogP contribution >= 0.6 is 24.0 Å². The van der Waals surface area contributed by atoms with Crippen LogP contribution in [-0.2, 0) is 6.42 Å². The fourth-order valence-corrected chi connectivity index (χ4v) is 3.70. The predicted molar refractivity (Wildman–Crippen MR) is 134 cm³/mol. The van der Waals surface area contributed by atoms with Crippen molar-refractivity contribution in [2.24, 2.45) is 4.99 Å². The zero-order valence-electron chi connectivity index (χ0n) is 19.1. The maximum absolute atomic E-state index is 5.54. The van der Waals surface area contributed by atoms with Crippen molar-refractivity contribution in [3.8, 4) is 17.2 Å². The SMILES string of the molecule is CCCCN1CCC(NC(=NC)NCCc2c(OC)cc(OC)cc2OC)CC1.I. The number of nitrogens with zero attached hydrogens (tertiary/aromatic N) is 2. The number of hydrogen-bond acceptors (Lipinski definition) is 5. The van der Waals surface area contributed by atoms with Crippen molar-refractivity contribution in [3.05, 3.63) is 17.7 Å². The summed E-state index contributed by atoms with van der Waals surface area (Å²) >= 11 is 0. The van der Waals surface area contributed by atoms with Crippen LogP contribution in [0.4, 0.5) is 0 Å². The second-order valence-corrected chi connectivity index (χ2v) is 7.37. The number of nitrogens with one attached hydrogen (secondary N) is 2. The quantitative estimate of drug-likeness (QED) is 0.273. The number of methoxy groups -OCH3 is 3. The molecule has 1 aromatic carbocycles.